The summed E-state index contributed by atoms with van der Waals surface area (Å²) in [6.45, 7) is 9.04. The molecular weight excluding hydrogens is 254 g/mol. The van der Waals surface area contributed by atoms with E-state index in [2.05, 4.69) is 29.1 Å². The predicted molar refractivity (Wildman–Crippen MR) is 80.3 cm³/mol. The number of rotatable bonds is 8. The molecule has 1 rings (SSSR count). The van der Waals surface area contributed by atoms with E-state index in [1.165, 1.54) is 6.42 Å². The average molecular weight is 279 g/mol. The van der Waals surface area contributed by atoms with E-state index in [0.29, 0.717) is 17.4 Å². The molecule has 0 saturated heterocycles. The third-order valence-electron chi connectivity index (χ3n) is 3.05. The second-order valence-corrected chi connectivity index (χ2v) is 5.77. The summed E-state index contributed by atoms with van der Waals surface area (Å²) in [5.74, 6) is 0.373. The van der Waals surface area contributed by atoms with Gasteiger partial charge in [0.1, 0.15) is 5.82 Å². The number of nitrogens with one attached hydrogen (secondary N) is 1. The number of aromatic carboxylic acids is 1. The molecule has 0 aromatic carbocycles. The molecule has 1 aromatic rings. The molecule has 0 amide bonds. The van der Waals surface area contributed by atoms with Crippen molar-refractivity contribution in [1.82, 2.24) is 9.97 Å². The normalized spacial score (nSPS) is 11.1. The number of carboxylic acids is 1. The maximum Gasteiger partial charge on any atom is 0.356 e. The van der Waals surface area contributed by atoms with Gasteiger partial charge in [0.05, 0.1) is 11.9 Å². The van der Waals surface area contributed by atoms with Crippen LogP contribution in [0.4, 0.5) is 5.69 Å². The zero-order valence-electron chi connectivity index (χ0n) is 12.8. The molecule has 0 bridgehead atoms. The number of nitrogens with zero attached hydrogens (tertiary/aromatic N) is 2. The summed E-state index contributed by atoms with van der Waals surface area (Å²) < 4.78 is 0. The summed E-state index contributed by atoms with van der Waals surface area (Å²) in [7, 11) is 0. The number of hydrogen-bond acceptors (Lipinski definition) is 4. The van der Waals surface area contributed by atoms with Crippen LogP contribution in [0, 0.1) is 5.92 Å². The maximum absolute atomic E-state index is 11.2. The Bertz CT molecular complexity index is 445. The summed E-state index contributed by atoms with van der Waals surface area (Å²) >= 11 is 0. The van der Waals surface area contributed by atoms with Gasteiger partial charge in [-0.15, -0.1) is 0 Å². The molecule has 0 unspecified atom stereocenters. The summed E-state index contributed by atoms with van der Waals surface area (Å²) in [5.41, 5.74) is 0.569. The molecule has 0 fully saturated rings. The second kappa shape index (κ2) is 7.82. The van der Waals surface area contributed by atoms with E-state index in [1.54, 1.807) is 6.20 Å². The van der Waals surface area contributed by atoms with Crippen molar-refractivity contribution >= 4 is 11.7 Å². The van der Waals surface area contributed by atoms with Gasteiger partial charge >= 0.3 is 5.97 Å². The van der Waals surface area contributed by atoms with Gasteiger partial charge in [-0.25, -0.2) is 14.8 Å². The van der Waals surface area contributed by atoms with E-state index >= 15 is 0 Å². The van der Waals surface area contributed by atoms with Gasteiger partial charge in [0.25, 0.3) is 0 Å². The molecule has 5 heteroatoms. The molecular formula is C15H25N3O2. The van der Waals surface area contributed by atoms with Gasteiger partial charge in [-0.3, -0.25) is 0 Å². The highest BCUT2D eigenvalue weighted by molar-refractivity contribution is 5.91. The number of unbranched alkanes of at least 4 members (excludes halogenated alkanes) is 1. The van der Waals surface area contributed by atoms with Gasteiger partial charge in [-0.05, 0) is 12.3 Å². The van der Waals surface area contributed by atoms with E-state index < -0.39 is 5.97 Å². The van der Waals surface area contributed by atoms with Gasteiger partial charge in [0.2, 0.25) is 0 Å². The fourth-order valence-electron chi connectivity index (χ4n) is 1.87. The molecule has 1 heterocycles. The number of anilines is 1. The third-order valence-corrected chi connectivity index (χ3v) is 3.05. The fourth-order valence-corrected chi connectivity index (χ4v) is 1.87. The Morgan fingerprint density at radius 1 is 1.30 bits per heavy atom. The first-order valence-corrected chi connectivity index (χ1v) is 7.26. The van der Waals surface area contributed by atoms with E-state index in [9.17, 15) is 9.90 Å². The number of carbonyl (C=O) groups is 1. The van der Waals surface area contributed by atoms with Crippen molar-refractivity contribution in [2.24, 2.45) is 5.92 Å². The summed E-state index contributed by atoms with van der Waals surface area (Å²) in [6, 6.07) is 0. The maximum atomic E-state index is 11.2. The SMILES string of the molecule is CC(C)CCCCNc1cnc(C(C)C)nc1C(=O)O. The Kier molecular flexibility index (Phi) is 6.42. The third kappa shape index (κ3) is 5.15. The lowest BCUT2D eigenvalue weighted by molar-refractivity contribution is 0.0691. The molecule has 20 heavy (non-hydrogen) atoms. The smallest absolute Gasteiger partial charge is 0.356 e. The molecule has 0 atom stereocenters. The topological polar surface area (TPSA) is 75.1 Å². The van der Waals surface area contributed by atoms with Crippen LogP contribution >= 0.6 is 0 Å². The van der Waals surface area contributed by atoms with Crippen LogP contribution in [0.25, 0.3) is 0 Å². The average Bonchev–Trinajstić information content (AvgIpc) is 2.37. The van der Waals surface area contributed by atoms with Crippen LogP contribution in [0.1, 0.15) is 69.2 Å². The molecule has 0 radical (unpaired) electrons. The largest absolute Gasteiger partial charge is 0.476 e. The van der Waals surface area contributed by atoms with Crippen LogP contribution in [-0.4, -0.2) is 27.6 Å². The van der Waals surface area contributed by atoms with Crippen LogP contribution < -0.4 is 5.32 Å². The van der Waals surface area contributed by atoms with E-state index in [1.807, 2.05) is 13.8 Å². The van der Waals surface area contributed by atoms with Crippen molar-refractivity contribution in [3.8, 4) is 0 Å². The van der Waals surface area contributed by atoms with Crippen molar-refractivity contribution in [1.29, 1.82) is 0 Å². The van der Waals surface area contributed by atoms with Gasteiger partial charge in [0, 0.05) is 12.5 Å². The highest BCUT2D eigenvalue weighted by atomic mass is 16.4. The lowest BCUT2D eigenvalue weighted by Crippen LogP contribution is -2.13. The van der Waals surface area contributed by atoms with Crippen molar-refractivity contribution in [3.05, 3.63) is 17.7 Å². The van der Waals surface area contributed by atoms with E-state index in [-0.39, 0.29) is 11.6 Å². The molecule has 0 aliphatic rings. The first kappa shape index (κ1) is 16.4. The van der Waals surface area contributed by atoms with Gasteiger partial charge in [0.15, 0.2) is 5.69 Å². The Hall–Kier alpha value is -1.65. The molecule has 5 nitrogen and oxygen atoms in total. The monoisotopic (exact) mass is 279 g/mol. The van der Waals surface area contributed by atoms with Crippen LogP contribution in [-0.2, 0) is 0 Å². The minimum Gasteiger partial charge on any atom is -0.476 e. The standard InChI is InChI=1S/C15H25N3O2/c1-10(2)7-5-6-8-16-12-9-17-14(11(3)4)18-13(12)15(19)20/h9-11,16H,5-8H2,1-4H3,(H,19,20). The Morgan fingerprint density at radius 3 is 2.55 bits per heavy atom. The van der Waals surface area contributed by atoms with E-state index in [4.69, 9.17) is 0 Å². The van der Waals surface area contributed by atoms with Crippen LogP contribution in [0.5, 0.6) is 0 Å². The Balaban J connectivity index is 2.63. The first-order valence-electron chi connectivity index (χ1n) is 7.26. The number of aromatic nitrogens is 2. The quantitative estimate of drug-likeness (QED) is 0.712. The van der Waals surface area contributed by atoms with Gasteiger partial charge < -0.3 is 10.4 Å². The molecule has 0 spiro atoms. The number of hydrogen-bond donors (Lipinski definition) is 2. The number of carboxylic acid groups (broad SMARTS) is 1. The second-order valence-electron chi connectivity index (χ2n) is 5.77. The fraction of sp³-hybridized carbons (Fsp3) is 0.667. The minimum absolute atomic E-state index is 0.0626. The first-order chi connectivity index (χ1) is 9.41. The van der Waals surface area contributed by atoms with Crippen molar-refractivity contribution < 1.29 is 9.90 Å². The zero-order chi connectivity index (χ0) is 15.1. The lowest BCUT2D eigenvalue weighted by atomic mass is 10.1. The summed E-state index contributed by atoms with van der Waals surface area (Å²) in [5, 5.41) is 12.3. The Morgan fingerprint density at radius 2 is 2.00 bits per heavy atom. The van der Waals surface area contributed by atoms with Gasteiger partial charge in [-0.2, -0.15) is 0 Å². The highest BCUT2D eigenvalue weighted by Gasteiger charge is 2.15. The molecule has 2 N–H and O–H groups in total. The van der Waals surface area contributed by atoms with Crippen molar-refractivity contribution in [2.45, 2.75) is 52.9 Å². The minimum atomic E-state index is -1.01. The predicted octanol–water partition coefficient (Wildman–Crippen LogP) is 3.54. The molecule has 0 aliphatic carbocycles. The summed E-state index contributed by atoms with van der Waals surface area (Å²) in [6.07, 6.45) is 4.92. The molecule has 112 valence electrons. The van der Waals surface area contributed by atoms with Gasteiger partial charge in [-0.1, -0.05) is 40.5 Å². The molecule has 1 aromatic heterocycles. The molecule has 0 saturated carbocycles. The lowest BCUT2D eigenvalue weighted by Gasteiger charge is -2.11. The van der Waals surface area contributed by atoms with Crippen LogP contribution in [0.15, 0.2) is 6.20 Å². The zero-order valence-corrected chi connectivity index (χ0v) is 12.8. The highest BCUT2D eigenvalue weighted by Crippen LogP contribution is 2.16. The van der Waals surface area contributed by atoms with Crippen LogP contribution in [0.2, 0.25) is 0 Å². The van der Waals surface area contributed by atoms with Crippen LogP contribution in [0.3, 0.4) is 0 Å². The van der Waals surface area contributed by atoms with E-state index in [0.717, 1.165) is 19.4 Å². The Labute approximate surface area is 120 Å². The molecule has 0 aliphatic heterocycles. The summed E-state index contributed by atoms with van der Waals surface area (Å²) in [4.78, 5) is 19.6. The van der Waals surface area contributed by atoms with Crippen molar-refractivity contribution in [2.75, 3.05) is 11.9 Å². The van der Waals surface area contributed by atoms with Crippen molar-refractivity contribution in [3.63, 3.8) is 0 Å².